The molecule has 0 radical (unpaired) electrons. The lowest BCUT2D eigenvalue weighted by Gasteiger charge is -2.14. The largest absolute Gasteiger partial charge is 0.397 e. The molecular formula is C11H17N3O4S. The SMILES string of the molecule is CCCC(C)NS(=O)(=O)c1ccc([N+](=O)[O-])cc1N. The molecule has 8 heteroatoms. The van der Waals surface area contributed by atoms with Crippen LogP contribution in [0.15, 0.2) is 23.1 Å². The Kier molecular flexibility index (Phi) is 4.84. The molecule has 0 fully saturated rings. The maximum Gasteiger partial charge on any atom is 0.271 e. The first-order chi connectivity index (χ1) is 8.77. The number of hydrogen-bond acceptors (Lipinski definition) is 5. The van der Waals surface area contributed by atoms with Gasteiger partial charge >= 0.3 is 0 Å². The van der Waals surface area contributed by atoms with Crippen LogP contribution in [0.5, 0.6) is 0 Å². The van der Waals surface area contributed by atoms with Gasteiger partial charge in [0.05, 0.1) is 10.6 Å². The second kappa shape index (κ2) is 5.98. The maximum atomic E-state index is 12.1. The third-order valence-corrected chi connectivity index (χ3v) is 4.24. The summed E-state index contributed by atoms with van der Waals surface area (Å²) in [6.07, 6.45) is 1.55. The molecule has 1 aromatic carbocycles. The standard InChI is InChI=1S/C11H17N3O4S/c1-3-4-8(2)13-19(17,18)11-6-5-9(14(15)16)7-10(11)12/h5-8,13H,3-4,12H2,1-2H3. The Labute approximate surface area is 112 Å². The van der Waals surface area contributed by atoms with Crippen LogP contribution in [0.3, 0.4) is 0 Å². The first kappa shape index (κ1) is 15.4. The zero-order valence-electron chi connectivity index (χ0n) is 10.8. The lowest BCUT2D eigenvalue weighted by Crippen LogP contribution is -2.32. The van der Waals surface area contributed by atoms with Crippen LogP contribution >= 0.6 is 0 Å². The minimum atomic E-state index is -3.75. The second-order valence-corrected chi connectivity index (χ2v) is 5.97. The average molecular weight is 287 g/mol. The monoisotopic (exact) mass is 287 g/mol. The summed E-state index contributed by atoms with van der Waals surface area (Å²) in [5.41, 5.74) is 5.20. The van der Waals surface area contributed by atoms with Gasteiger partial charge in [-0.3, -0.25) is 10.1 Å². The number of nitrogens with one attached hydrogen (secondary N) is 1. The molecule has 0 aliphatic carbocycles. The average Bonchev–Trinajstić information content (AvgIpc) is 2.27. The summed E-state index contributed by atoms with van der Waals surface area (Å²) in [5.74, 6) is 0. The van der Waals surface area contributed by atoms with Gasteiger partial charge in [0, 0.05) is 18.2 Å². The molecule has 0 aromatic heterocycles. The van der Waals surface area contributed by atoms with E-state index in [-0.39, 0.29) is 22.3 Å². The summed E-state index contributed by atoms with van der Waals surface area (Å²) in [6, 6.07) is 3.09. The first-order valence-electron chi connectivity index (χ1n) is 5.84. The topological polar surface area (TPSA) is 115 Å². The van der Waals surface area contributed by atoms with E-state index in [2.05, 4.69) is 4.72 Å². The predicted molar refractivity (Wildman–Crippen MR) is 72.2 cm³/mol. The molecule has 0 spiro atoms. The van der Waals surface area contributed by atoms with Gasteiger partial charge in [0.25, 0.3) is 5.69 Å². The summed E-state index contributed by atoms with van der Waals surface area (Å²) in [7, 11) is -3.75. The van der Waals surface area contributed by atoms with Crippen LogP contribution in [0.4, 0.5) is 11.4 Å². The highest BCUT2D eigenvalue weighted by Gasteiger charge is 2.21. The second-order valence-electron chi connectivity index (χ2n) is 4.29. The van der Waals surface area contributed by atoms with Gasteiger partial charge in [-0.1, -0.05) is 13.3 Å². The summed E-state index contributed by atoms with van der Waals surface area (Å²) in [4.78, 5) is 9.80. The molecule has 0 saturated carbocycles. The first-order valence-corrected chi connectivity index (χ1v) is 7.32. The van der Waals surface area contributed by atoms with E-state index >= 15 is 0 Å². The van der Waals surface area contributed by atoms with E-state index < -0.39 is 14.9 Å². The number of nitro groups is 1. The summed E-state index contributed by atoms with van der Waals surface area (Å²) in [6.45, 7) is 3.70. The van der Waals surface area contributed by atoms with Gasteiger partial charge in [0.15, 0.2) is 0 Å². The Morgan fingerprint density at radius 3 is 2.58 bits per heavy atom. The summed E-state index contributed by atoms with van der Waals surface area (Å²) < 4.78 is 26.6. The van der Waals surface area contributed by atoms with E-state index in [0.717, 1.165) is 24.6 Å². The normalized spacial score (nSPS) is 13.2. The van der Waals surface area contributed by atoms with Gasteiger partial charge in [0.2, 0.25) is 10.0 Å². The number of sulfonamides is 1. The molecule has 7 nitrogen and oxygen atoms in total. The van der Waals surface area contributed by atoms with Crippen molar-refractivity contribution in [2.75, 3.05) is 5.73 Å². The number of nitrogen functional groups attached to an aromatic ring is 1. The third-order valence-electron chi connectivity index (χ3n) is 2.57. The quantitative estimate of drug-likeness (QED) is 0.469. The summed E-state index contributed by atoms with van der Waals surface area (Å²) >= 11 is 0. The molecule has 1 unspecified atom stereocenters. The maximum absolute atomic E-state index is 12.1. The number of anilines is 1. The molecule has 106 valence electrons. The van der Waals surface area contributed by atoms with E-state index in [0.29, 0.717) is 6.42 Å². The van der Waals surface area contributed by atoms with Gasteiger partial charge < -0.3 is 5.73 Å². The lowest BCUT2D eigenvalue weighted by atomic mass is 10.2. The van der Waals surface area contributed by atoms with Crippen molar-refractivity contribution in [3.05, 3.63) is 28.3 Å². The number of nitrogens with two attached hydrogens (primary N) is 1. The van der Waals surface area contributed by atoms with Crippen LogP contribution in [0, 0.1) is 10.1 Å². The fourth-order valence-corrected chi connectivity index (χ4v) is 3.11. The summed E-state index contributed by atoms with van der Waals surface area (Å²) in [5, 5.41) is 10.6. The Bertz CT molecular complexity index is 571. The van der Waals surface area contributed by atoms with Crippen LogP contribution in [0.25, 0.3) is 0 Å². The fourth-order valence-electron chi connectivity index (χ4n) is 1.71. The molecule has 19 heavy (non-hydrogen) atoms. The van der Waals surface area contributed by atoms with E-state index in [4.69, 9.17) is 5.73 Å². The van der Waals surface area contributed by atoms with Crippen LogP contribution in [0.2, 0.25) is 0 Å². The Morgan fingerprint density at radius 2 is 2.11 bits per heavy atom. The minimum absolute atomic E-state index is 0.134. The number of hydrogen-bond donors (Lipinski definition) is 2. The van der Waals surface area contributed by atoms with Crippen molar-refractivity contribution in [3.8, 4) is 0 Å². The minimum Gasteiger partial charge on any atom is -0.397 e. The number of nitrogens with zero attached hydrogens (tertiary/aromatic N) is 1. The Morgan fingerprint density at radius 1 is 1.47 bits per heavy atom. The number of non-ortho nitro benzene ring substituents is 1. The van der Waals surface area contributed by atoms with Crippen molar-refractivity contribution in [3.63, 3.8) is 0 Å². The zero-order valence-corrected chi connectivity index (χ0v) is 11.6. The van der Waals surface area contributed by atoms with Crippen LogP contribution in [-0.2, 0) is 10.0 Å². The van der Waals surface area contributed by atoms with Crippen molar-refractivity contribution in [2.45, 2.75) is 37.6 Å². The van der Waals surface area contributed by atoms with Crippen molar-refractivity contribution in [1.82, 2.24) is 4.72 Å². The number of nitro benzene ring substituents is 1. The molecule has 0 bridgehead atoms. The molecule has 0 aliphatic heterocycles. The number of rotatable bonds is 6. The lowest BCUT2D eigenvalue weighted by molar-refractivity contribution is -0.384. The van der Waals surface area contributed by atoms with Gasteiger partial charge in [-0.15, -0.1) is 0 Å². The molecule has 1 rings (SSSR count). The van der Waals surface area contributed by atoms with Gasteiger partial charge in [0.1, 0.15) is 4.90 Å². The fraction of sp³-hybridized carbons (Fsp3) is 0.455. The molecule has 0 heterocycles. The van der Waals surface area contributed by atoms with Crippen molar-refractivity contribution >= 4 is 21.4 Å². The van der Waals surface area contributed by atoms with Crippen molar-refractivity contribution < 1.29 is 13.3 Å². The van der Waals surface area contributed by atoms with Crippen LogP contribution < -0.4 is 10.5 Å². The Balaban J connectivity index is 3.05. The third kappa shape index (κ3) is 3.90. The van der Waals surface area contributed by atoms with E-state index in [1.807, 2.05) is 6.92 Å². The Hall–Kier alpha value is -1.67. The van der Waals surface area contributed by atoms with E-state index in [9.17, 15) is 18.5 Å². The van der Waals surface area contributed by atoms with E-state index in [1.54, 1.807) is 6.92 Å². The molecule has 0 amide bonds. The molecule has 1 atom stereocenters. The highest BCUT2D eigenvalue weighted by molar-refractivity contribution is 7.89. The van der Waals surface area contributed by atoms with Crippen LogP contribution in [-0.4, -0.2) is 19.4 Å². The van der Waals surface area contributed by atoms with Crippen molar-refractivity contribution in [1.29, 1.82) is 0 Å². The molecule has 0 saturated heterocycles. The van der Waals surface area contributed by atoms with Gasteiger partial charge in [-0.05, 0) is 19.4 Å². The zero-order chi connectivity index (χ0) is 14.6. The smallest absolute Gasteiger partial charge is 0.271 e. The van der Waals surface area contributed by atoms with Gasteiger partial charge in [-0.2, -0.15) is 0 Å². The predicted octanol–water partition coefficient (Wildman–Crippen LogP) is 1.64. The molecule has 3 N–H and O–H groups in total. The van der Waals surface area contributed by atoms with Gasteiger partial charge in [-0.25, -0.2) is 13.1 Å². The molecule has 0 aliphatic rings. The number of benzene rings is 1. The molecule has 1 aromatic rings. The van der Waals surface area contributed by atoms with E-state index in [1.165, 1.54) is 0 Å². The van der Waals surface area contributed by atoms with Crippen molar-refractivity contribution in [2.24, 2.45) is 0 Å². The highest BCUT2D eigenvalue weighted by atomic mass is 32.2. The molecular weight excluding hydrogens is 270 g/mol. The highest BCUT2D eigenvalue weighted by Crippen LogP contribution is 2.24. The van der Waals surface area contributed by atoms with Crippen LogP contribution in [0.1, 0.15) is 26.7 Å².